The van der Waals surface area contributed by atoms with Crippen molar-refractivity contribution in [3.05, 3.63) is 29.6 Å². The number of nitrogens with zero attached hydrogens (tertiary/aromatic N) is 2. The van der Waals surface area contributed by atoms with E-state index in [-0.39, 0.29) is 0 Å². The van der Waals surface area contributed by atoms with Crippen molar-refractivity contribution >= 4 is 5.71 Å². The van der Waals surface area contributed by atoms with Crippen LogP contribution in [0.25, 0.3) is 0 Å². The highest BCUT2D eigenvalue weighted by atomic mass is 16.6. The predicted octanol–water partition coefficient (Wildman–Crippen LogP) is 2.15. The van der Waals surface area contributed by atoms with Crippen molar-refractivity contribution in [2.75, 3.05) is 6.61 Å². The number of aromatic nitrogens is 1. The SMILES string of the molecule is CCON=C(C)c1cccc(C)n1. The summed E-state index contributed by atoms with van der Waals surface area (Å²) in [5.41, 5.74) is 2.67. The normalized spacial score (nSPS) is 11.5. The van der Waals surface area contributed by atoms with Crippen molar-refractivity contribution < 1.29 is 4.84 Å². The molecule has 0 aliphatic rings. The first-order chi connectivity index (χ1) is 6.24. The molecule has 0 atom stereocenters. The van der Waals surface area contributed by atoms with Gasteiger partial charge in [-0.15, -0.1) is 0 Å². The van der Waals surface area contributed by atoms with E-state index >= 15 is 0 Å². The molecule has 3 nitrogen and oxygen atoms in total. The lowest BCUT2D eigenvalue weighted by molar-refractivity contribution is 0.159. The summed E-state index contributed by atoms with van der Waals surface area (Å²) in [6.45, 7) is 6.33. The third kappa shape index (κ3) is 2.86. The lowest BCUT2D eigenvalue weighted by Gasteiger charge is -2.00. The fourth-order valence-electron chi connectivity index (χ4n) is 0.953. The quantitative estimate of drug-likeness (QED) is 0.525. The van der Waals surface area contributed by atoms with Crippen LogP contribution >= 0.6 is 0 Å². The summed E-state index contributed by atoms with van der Waals surface area (Å²) in [7, 11) is 0. The molecule has 0 bridgehead atoms. The van der Waals surface area contributed by atoms with Gasteiger partial charge in [-0.2, -0.15) is 0 Å². The summed E-state index contributed by atoms with van der Waals surface area (Å²) in [6.07, 6.45) is 0. The molecule has 0 aliphatic heterocycles. The number of aryl methyl sites for hydroxylation is 1. The molecule has 13 heavy (non-hydrogen) atoms. The first-order valence-corrected chi connectivity index (χ1v) is 4.34. The summed E-state index contributed by atoms with van der Waals surface area (Å²) in [5, 5.41) is 3.91. The van der Waals surface area contributed by atoms with E-state index in [1.165, 1.54) is 0 Å². The zero-order valence-electron chi connectivity index (χ0n) is 8.24. The van der Waals surface area contributed by atoms with Crippen LogP contribution in [-0.4, -0.2) is 17.3 Å². The van der Waals surface area contributed by atoms with Gasteiger partial charge in [0, 0.05) is 5.69 Å². The molecule has 3 heteroatoms. The largest absolute Gasteiger partial charge is 0.396 e. The van der Waals surface area contributed by atoms with Crippen LogP contribution in [-0.2, 0) is 4.84 Å². The number of rotatable bonds is 3. The lowest BCUT2D eigenvalue weighted by Crippen LogP contribution is -2.00. The molecule has 0 saturated carbocycles. The van der Waals surface area contributed by atoms with Gasteiger partial charge in [-0.05, 0) is 32.9 Å². The van der Waals surface area contributed by atoms with Gasteiger partial charge in [0.1, 0.15) is 12.3 Å². The van der Waals surface area contributed by atoms with E-state index in [1.54, 1.807) is 0 Å². The minimum atomic E-state index is 0.586. The molecule has 0 radical (unpaired) electrons. The van der Waals surface area contributed by atoms with E-state index in [9.17, 15) is 0 Å². The summed E-state index contributed by atoms with van der Waals surface area (Å²) in [5.74, 6) is 0. The molecule has 1 aromatic heterocycles. The van der Waals surface area contributed by atoms with E-state index in [1.807, 2.05) is 39.0 Å². The number of pyridine rings is 1. The molecule has 0 N–H and O–H groups in total. The zero-order chi connectivity index (χ0) is 9.68. The van der Waals surface area contributed by atoms with Crippen LogP contribution in [0.1, 0.15) is 25.2 Å². The van der Waals surface area contributed by atoms with Gasteiger partial charge in [-0.1, -0.05) is 11.2 Å². The Morgan fingerprint density at radius 2 is 2.31 bits per heavy atom. The van der Waals surface area contributed by atoms with Gasteiger partial charge in [0.25, 0.3) is 0 Å². The molecule has 0 amide bonds. The predicted molar refractivity (Wildman–Crippen MR) is 52.8 cm³/mol. The van der Waals surface area contributed by atoms with Crippen LogP contribution in [0.3, 0.4) is 0 Å². The Morgan fingerprint density at radius 1 is 1.54 bits per heavy atom. The van der Waals surface area contributed by atoms with Gasteiger partial charge in [-0.3, -0.25) is 4.98 Å². The second kappa shape index (κ2) is 4.60. The van der Waals surface area contributed by atoms with Crippen molar-refractivity contribution in [2.24, 2.45) is 5.16 Å². The van der Waals surface area contributed by atoms with Gasteiger partial charge in [0.2, 0.25) is 0 Å². The van der Waals surface area contributed by atoms with Crippen molar-refractivity contribution in [3.8, 4) is 0 Å². The fourth-order valence-corrected chi connectivity index (χ4v) is 0.953. The number of hydrogen-bond donors (Lipinski definition) is 0. The minimum absolute atomic E-state index is 0.586. The molecule has 0 aliphatic carbocycles. The molecule has 1 heterocycles. The van der Waals surface area contributed by atoms with E-state index < -0.39 is 0 Å². The molecule has 0 saturated heterocycles. The van der Waals surface area contributed by atoms with Crippen LogP contribution in [0.4, 0.5) is 0 Å². The molecule has 70 valence electrons. The van der Waals surface area contributed by atoms with Crippen LogP contribution < -0.4 is 0 Å². The molecular weight excluding hydrogens is 164 g/mol. The highest BCUT2D eigenvalue weighted by Crippen LogP contribution is 2.00. The molecule has 0 unspecified atom stereocenters. The van der Waals surface area contributed by atoms with Gasteiger partial charge in [0.05, 0.1) is 5.69 Å². The first kappa shape index (κ1) is 9.71. The van der Waals surface area contributed by atoms with Crippen molar-refractivity contribution in [1.29, 1.82) is 0 Å². The maximum atomic E-state index is 4.94. The summed E-state index contributed by atoms with van der Waals surface area (Å²) >= 11 is 0. The van der Waals surface area contributed by atoms with E-state index in [4.69, 9.17) is 4.84 Å². The standard InChI is InChI=1S/C10H14N2O/c1-4-13-12-9(3)10-7-5-6-8(2)11-10/h5-7H,4H2,1-3H3. The van der Waals surface area contributed by atoms with Crippen molar-refractivity contribution in [2.45, 2.75) is 20.8 Å². The minimum Gasteiger partial charge on any atom is -0.396 e. The second-order valence-electron chi connectivity index (χ2n) is 2.76. The Bertz CT molecular complexity index is 308. The van der Waals surface area contributed by atoms with Gasteiger partial charge in [-0.25, -0.2) is 0 Å². The highest BCUT2D eigenvalue weighted by molar-refractivity contribution is 5.96. The lowest BCUT2D eigenvalue weighted by atomic mass is 10.2. The first-order valence-electron chi connectivity index (χ1n) is 4.34. The monoisotopic (exact) mass is 178 g/mol. The second-order valence-corrected chi connectivity index (χ2v) is 2.76. The Balaban J connectivity index is 2.82. The molecule has 1 aromatic rings. The average Bonchev–Trinajstić information content (AvgIpc) is 2.14. The maximum absolute atomic E-state index is 4.94. The summed E-state index contributed by atoms with van der Waals surface area (Å²) in [6, 6.07) is 5.84. The number of oxime groups is 1. The third-order valence-electron chi connectivity index (χ3n) is 1.59. The van der Waals surface area contributed by atoms with Crippen LogP contribution in [0.15, 0.2) is 23.4 Å². The molecule has 1 rings (SSSR count). The summed E-state index contributed by atoms with van der Waals surface area (Å²) < 4.78 is 0. The average molecular weight is 178 g/mol. The topological polar surface area (TPSA) is 34.5 Å². The Labute approximate surface area is 78.4 Å². The Hall–Kier alpha value is -1.38. The van der Waals surface area contributed by atoms with Crippen molar-refractivity contribution in [3.63, 3.8) is 0 Å². The smallest absolute Gasteiger partial charge is 0.114 e. The molecule has 0 fully saturated rings. The Morgan fingerprint density at radius 3 is 2.92 bits per heavy atom. The van der Waals surface area contributed by atoms with Crippen LogP contribution in [0.5, 0.6) is 0 Å². The number of hydrogen-bond acceptors (Lipinski definition) is 3. The highest BCUT2D eigenvalue weighted by Gasteiger charge is 1.98. The van der Waals surface area contributed by atoms with Gasteiger partial charge >= 0.3 is 0 Å². The fraction of sp³-hybridized carbons (Fsp3) is 0.400. The van der Waals surface area contributed by atoms with Crippen LogP contribution in [0, 0.1) is 6.92 Å². The summed E-state index contributed by atoms with van der Waals surface area (Å²) in [4.78, 5) is 9.25. The van der Waals surface area contributed by atoms with E-state index in [0.717, 1.165) is 17.1 Å². The maximum Gasteiger partial charge on any atom is 0.114 e. The van der Waals surface area contributed by atoms with E-state index in [2.05, 4.69) is 10.1 Å². The zero-order valence-corrected chi connectivity index (χ0v) is 8.24. The van der Waals surface area contributed by atoms with Gasteiger partial charge in [0.15, 0.2) is 0 Å². The molecule has 0 aromatic carbocycles. The van der Waals surface area contributed by atoms with Crippen LogP contribution in [0.2, 0.25) is 0 Å². The van der Waals surface area contributed by atoms with E-state index in [0.29, 0.717) is 6.61 Å². The Kier molecular flexibility index (Phi) is 3.43. The molecular formula is C10H14N2O. The molecule has 0 spiro atoms. The van der Waals surface area contributed by atoms with Crippen molar-refractivity contribution in [1.82, 2.24) is 4.98 Å². The third-order valence-corrected chi connectivity index (χ3v) is 1.59. The van der Waals surface area contributed by atoms with Gasteiger partial charge < -0.3 is 4.84 Å².